The van der Waals surface area contributed by atoms with Gasteiger partial charge in [0.2, 0.25) is 0 Å². The number of amides is 1. The van der Waals surface area contributed by atoms with E-state index in [1.807, 2.05) is 31.2 Å². The monoisotopic (exact) mass is 449 g/mol. The molecule has 6 nitrogen and oxygen atoms in total. The van der Waals surface area contributed by atoms with Crippen molar-refractivity contribution in [1.82, 2.24) is 9.38 Å². The minimum absolute atomic E-state index is 0.0225. The zero-order chi connectivity index (χ0) is 22.5. The minimum atomic E-state index is -0.523. The third-order valence-electron chi connectivity index (χ3n) is 4.67. The van der Waals surface area contributed by atoms with Gasteiger partial charge in [0.15, 0.2) is 18.2 Å². The molecule has 1 amide bonds. The molecule has 0 aliphatic heterocycles. The van der Waals surface area contributed by atoms with Crippen molar-refractivity contribution in [3.63, 3.8) is 0 Å². The van der Waals surface area contributed by atoms with Crippen LogP contribution >= 0.6 is 11.8 Å². The summed E-state index contributed by atoms with van der Waals surface area (Å²) in [5.74, 6) is -0.447. The number of fused-ring (bicyclic) bond motifs is 1. The summed E-state index contributed by atoms with van der Waals surface area (Å²) < 4.78 is 20.4. The topological polar surface area (TPSA) is 72.7 Å². The highest BCUT2D eigenvalue weighted by molar-refractivity contribution is 7.98. The van der Waals surface area contributed by atoms with E-state index in [2.05, 4.69) is 10.3 Å². The zero-order valence-electron chi connectivity index (χ0n) is 17.2. The van der Waals surface area contributed by atoms with Crippen LogP contribution in [-0.2, 0) is 10.5 Å². The Morgan fingerprint density at radius 3 is 2.75 bits per heavy atom. The third kappa shape index (κ3) is 4.97. The van der Waals surface area contributed by atoms with Crippen molar-refractivity contribution in [2.45, 2.75) is 17.6 Å². The number of rotatable bonds is 7. The Hall–Kier alpha value is -3.65. The molecule has 0 aliphatic carbocycles. The second-order valence-electron chi connectivity index (χ2n) is 7.02. The molecule has 8 heteroatoms. The average Bonchev–Trinajstić information content (AvgIpc) is 2.79. The van der Waals surface area contributed by atoms with Crippen LogP contribution in [0.1, 0.15) is 11.3 Å². The van der Waals surface area contributed by atoms with Crippen molar-refractivity contribution in [3.8, 4) is 5.75 Å². The number of anilines is 1. The number of nitrogens with zero attached hydrogens (tertiary/aromatic N) is 2. The van der Waals surface area contributed by atoms with Gasteiger partial charge in [-0.15, -0.1) is 11.8 Å². The van der Waals surface area contributed by atoms with E-state index in [0.717, 1.165) is 10.5 Å². The normalized spacial score (nSPS) is 10.8. The van der Waals surface area contributed by atoms with Crippen LogP contribution in [0.4, 0.5) is 10.1 Å². The van der Waals surface area contributed by atoms with Gasteiger partial charge in [-0.25, -0.2) is 9.37 Å². The highest BCUT2D eigenvalue weighted by Crippen LogP contribution is 2.29. The first-order valence-corrected chi connectivity index (χ1v) is 10.9. The molecule has 0 spiro atoms. The van der Waals surface area contributed by atoms with Crippen LogP contribution in [0.2, 0.25) is 0 Å². The zero-order valence-corrected chi connectivity index (χ0v) is 18.1. The van der Waals surface area contributed by atoms with Gasteiger partial charge in [0.25, 0.3) is 11.5 Å². The number of nitrogens with one attached hydrogen (secondary N) is 1. The maximum absolute atomic E-state index is 13.7. The summed E-state index contributed by atoms with van der Waals surface area (Å²) in [4.78, 5) is 30.2. The summed E-state index contributed by atoms with van der Waals surface area (Å²) >= 11 is 1.46. The van der Waals surface area contributed by atoms with E-state index in [0.29, 0.717) is 22.8 Å². The molecule has 162 valence electrons. The molecule has 0 saturated heterocycles. The van der Waals surface area contributed by atoms with E-state index in [1.165, 1.54) is 34.4 Å². The molecule has 0 atom stereocenters. The lowest BCUT2D eigenvalue weighted by molar-refractivity contribution is -0.118. The van der Waals surface area contributed by atoms with Crippen LogP contribution in [-0.4, -0.2) is 21.9 Å². The van der Waals surface area contributed by atoms with Crippen LogP contribution in [0, 0.1) is 12.7 Å². The SMILES string of the molecule is Cc1cccn2c(=O)cc(CSc3ccccc3NC(=O)COc3ccccc3F)nc12. The first-order valence-electron chi connectivity index (χ1n) is 9.88. The molecule has 0 fully saturated rings. The number of carbonyl (C=O) groups is 1. The molecule has 1 N–H and O–H groups in total. The number of pyridine rings is 1. The average molecular weight is 450 g/mol. The Morgan fingerprint density at radius 2 is 1.91 bits per heavy atom. The van der Waals surface area contributed by atoms with Crippen LogP contribution in [0.25, 0.3) is 5.65 Å². The molecule has 0 aliphatic rings. The van der Waals surface area contributed by atoms with E-state index < -0.39 is 11.7 Å². The fourth-order valence-corrected chi connectivity index (χ4v) is 4.02. The number of thioether (sulfide) groups is 1. The van der Waals surface area contributed by atoms with Crippen molar-refractivity contribution in [1.29, 1.82) is 0 Å². The van der Waals surface area contributed by atoms with Crippen LogP contribution in [0.15, 0.2) is 82.6 Å². The summed E-state index contributed by atoms with van der Waals surface area (Å²) in [6, 6.07) is 18.5. The fourth-order valence-electron chi connectivity index (χ4n) is 3.12. The summed E-state index contributed by atoms with van der Waals surface area (Å²) in [6.07, 6.45) is 1.70. The molecule has 0 radical (unpaired) electrons. The molecule has 4 aromatic rings. The van der Waals surface area contributed by atoms with Gasteiger partial charge in [-0.2, -0.15) is 0 Å². The lowest BCUT2D eigenvalue weighted by Gasteiger charge is -2.12. The number of benzene rings is 2. The van der Waals surface area contributed by atoms with E-state index in [4.69, 9.17) is 4.74 Å². The Labute approximate surface area is 188 Å². The highest BCUT2D eigenvalue weighted by atomic mass is 32.2. The Balaban J connectivity index is 1.44. The predicted octanol–water partition coefficient (Wildman–Crippen LogP) is 4.45. The van der Waals surface area contributed by atoms with Gasteiger partial charge in [-0.1, -0.05) is 30.3 Å². The van der Waals surface area contributed by atoms with Gasteiger partial charge >= 0.3 is 0 Å². The summed E-state index contributed by atoms with van der Waals surface area (Å²) in [5, 5.41) is 2.79. The number of halogens is 1. The molecule has 2 aromatic heterocycles. The van der Waals surface area contributed by atoms with E-state index in [-0.39, 0.29) is 17.9 Å². The predicted molar refractivity (Wildman–Crippen MR) is 123 cm³/mol. The van der Waals surface area contributed by atoms with E-state index in [1.54, 1.807) is 30.5 Å². The summed E-state index contributed by atoms with van der Waals surface area (Å²) in [6.45, 7) is 1.59. The van der Waals surface area contributed by atoms with Gasteiger partial charge in [0.1, 0.15) is 5.65 Å². The van der Waals surface area contributed by atoms with Gasteiger partial charge in [-0.3, -0.25) is 14.0 Å². The van der Waals surface area contributed by atoms with Crippen LogP contribution in [0.5, 0.6) is 5.75 Å². The van der Waals surface area contributed by atoms with Crippen LogP contribution < -0.4 is 15.6 Å². The van der Waals surface area contributed by atoms with E-state index in [9.17, 15) is 14.0 Å². The molecule has 2 heterocycles. The van der Waals surface area contributed by atoms with Gasteiger partial charge in [-0.05, 0) is 42.8 Å². The second kappa shape index (κ2) is 9.65. The standard InChI is InChI=1S/C24H20FN3O3S/c1-16-7-6-12-28-23(30)13-17(26-24(16)28)15-32-21-11-5-3-9-19(21)27-22(29)14-31-20-10-4-2-8-18(20)25/h2-13H,14-15H2,1H3,(H,27,29). The van der Waals surface area contributed by atoms with Crippen LogP contribution in [0.3, 0.4) is 0 Å². The molecule has 0 saturated carbocycles. The number of aryl methyl sites for hydroxylation is 1. The number of para-hydroxylation sites is 2. The molecular weight excluding hydrogens is 429 g/mol. The molecule has 4 rings (SSSR count). The van der Waals surface area contributed by atoms with Crippen molar-refractivity contribution in [3.05, 3.63) is 100 Å². The molecule has 2 aromatic carbocycles. The lowest BCUT2D eigenvalue weighted by atomic mass is 10.3. The third-order valence-corrected chi connectivity index (χ3v) is 5.78. The van der Waals surface area contributed by atoms with Crippen molar-refractivity contribution in [2.75, 3.05) is 11.9 Å². The van der Waals surface area contributed by atoms with Crippen molar-refractivity contribution < 1.29 is 13.9 Å². The van der Waals surface area contributed by atoms with E-state index >= 15 is 0 Å². The second-order valence-corrected chi connectivity index (χ2v) is 8.04. The number of ether oxygens (including phenoxy) is 1. The number of aromatic nitrogens is 2. The van der Waals surface area contributed by atoms with Gasteiger partial charge < -0.3 is 10.1 Å². The maximum Gasteiger partial charge on any atom is 0.262 e. The van der Waals surface area contributed by atoms with Gasteiger partial charge in [0, 0.05) is 22.9 Å². The molecular formula is C24H20FN3O3S. The Morgan fingerprint density at radius 1 is 1.12 bits per heavy atom. The van der Waals surface area contributed by atoms with Crippen molar-refractivity contribution >= 4 is 29.0 Å². The Kier molecular flexibility index (Phi) is 6.51. The lowest BCUT2D eigenvalue weighted by Crippen LogP contribution is -2.20. The summed E-state index contributed by atoms with van der Waals surface area (Å²) in [7, 11) is 0. The fraction of sp³-hybridized carbons (Fsp3) is 0.125. The first kappa shape index (κ1) is 21.6. The Bertz CT molecular complexity index is 1340. The minimum Gasteiger partial charge on any atom is -0.481 e. The smallest absolute Gasteiger partial charge is 0.262 e. The highest BCUT2D eigenvalue weighted by Gasteiger charge is 2.11. The summed E-state index contributed by atoms with van der Waals surface area (Å²) in [5.41, 5.74) is 2.66. The van der Waals surface area contributed by atoms with Gasteiger partial charge in [0.05, 0.1) is 11.4 Å². The number of carbonyl (C=O) groups excluding carboxylic acids is 1. The van der Waals surface area contributed by atoms with Crippen molar-refractivity contribution in [2.24, 2.45) is 0 Å². The first-order chi connectivity index (χ1) is 15.5. The number of hydrogen-bond donors (Lipinski definition) is 1. The number of hydrogen-bond acceptors (Lipinski definition) is 5. The maximum atomic E-state index is 13.7. The molecule has 0 unspecified atom stereocenters. The quantitative estimate of drug-likeness (QED) is 0.422. The molecule has 32 heavy (non-hydrogen) atoms. The largest absolute Gasteiger partial charge is 0.481 e. The molecule has 0 bridgehead atoms.